The van der Waals surface area contributed by atoms with Gasteiger partial charge in [0.25, 0.3) is 5.91 Å². The van der Waals surface area contributed by atoms with E-state index in [4.69, 9.17) is 11.6 Å². The van der Waals surface area contributed by atoms with Crippen LogP contribution in [-0.4, -0.2) is 46.4 Å². The fraction of sp³-hybridized carbons (Fsp3) is 0.333. The molecule has 0 atom stereocenters. The third-order valence-electron chi connectivity index (χ3n) is 5.30. The Bertz CT molecular complexity index is 1090. The summed E-state index contributed by atoms with van der Waals surface area (Å²) in [5, 5.41) is 0.643. The third-order valence-corrected chi connectivity index (χ3v) is 5.53. The molecule has 0 saturated carbocycles. The number of nitrogens with zero attached hydrogens (tertiary/aromatic N) is 4. The first-order chi connectivity index (χ1) is 14.3. The van der Waals surface area contributed by atoms with Crippen molar-refractivity contribution in [3.8, 4) is 0 Å². The van der Waals surface area contributed by atoms with Gasteiger partial charge in [-0.3, -0.25) is 9.20 Å². The van der Waals surface area contributed by atoms with E-state index in [1.807, 2.05) is 25.1 Å². The van der Waals surface area contributed by atoms with Gasteiger partial charge in [0.05, 0.1) is 11.3 Å². The second-order valence-corrected chi connectivity index (χ2v) is 7.60. The number of hydrogen-bond acceptors (Lipinski definition) is 3. The molecule has 1 aromatic carbocycles. The number of fused-ring (bicyclic) bond motifs is 1. The molecule has 3 aromatic rings. The summed E-state index contributed by atoms with van der Waals surface area (Å²) in [6.45, 7) is 3.97. The molecule has 4 rings (SSSR count). The van der Waals surface area contributed by atoms with Crippen molar-refractivity contribution in [1.29, 1.82) is 0 Å². The molecule has 2 aromatic heterocycles. The van der Waals surface area contributed by atoms with E-state index in [2.05, 4.69) is 9.88 Å². The highest BCUT2D eigenvalue weighted by Crippen LogP contribution is 2.30. The summed E-state index contributed by atoms with van der Waals surface area (Å²) in [5.74, 6) is -0.301. The smallest absolute Gasteiger partial charge is 0.368 e. The molecule has 9 heteroatoms. The Hall–Kier alpha value is -2.74. The number of hydrogen-bond donors (Lipinski definition) is 0. The van der Waals surface area contributed by atoms with E-state index >= 15 is 0 Å². The Labute approximate surface area is 176 Å². The average molecular weight is 437 g/mol. The van der Waals surface area contributed by atoms with Crippen LogP contribution in [0.1, 0.15) is 28.7 Å². The molecule has 30 heavy (non-hydrogen) atoms. The number of carbonyl (C=O) groups is 1. The van der Waals surface area contributed by atoms with Crippen molar-refractivity contribution in [1.82, 2.24) is 14.3 Å². The topological polar surface area (TPSA) is 40.9 Å². The summed E-state index contributed by atoms with van der Waals surface area (Å²) in [4.78, 5) is 21.4. The maximum absolute atomic E-state index is 13.3. The minimum Gasteiger partial charge on any atom is -0.368 e. The Kier molecular flexibility index (Phi) is 5.36. The zero-order valence-corrected chi connectivity index (χ0v) is 17.0. The van der Waals surface area contributed by atoms with Crippen LogP contribution in [-0.2, 0) is 12.6 Å². The van der Waals surface area contributed by atoms with Gasteiger partial charge in [-0.15, -0.1) is 0 Å². The van der Waals surface area contributed by atoms with Gasteiger partial charge >= 0.3 is 6.18 Å². The number of anilines is 1. The second-order valence-electron chi connectivity index (χ2n) is 7.16. The van der Waals surface area contributed by atoms with Crippen molar-refractivity contribution in [3.63, 3.8) is 0 Å². The molecular weight excluding hydrogens is 417 g/mol. The molecular formula is C21H20ClF3N4O. The number of imidazole rings is 1. The quantitative estimate of drug-likeness (QED) is 0.605. The fourth-order valence-corrected chi connectivity index (χ4v) is 3.91. The van der Waals surface area contributed by atoms with E-state index in [1.54, 1.807) is 11.0 Å². The van der Waals surface area contributed by atoms with E-state index in [0.29, 0.717) is 49.0 Å². The van der Waals surface area contributed by atoms with Gasteiger partial charge in [0.15, 0.2) is 0 Å². The monoisotopic (exact) mass is 436 g/mol. The number of alkyl halides is 3. The first-order valence-corrected chi connectivity index (χ1v) is 10.0. The van der Waals surface area contributed by atoms with Crippen molar-refractivity contribution in [2.24, 2.45) is 0 Å². The van der Waals surface area contributed by atoms with Crippen LogP contribution in [0.25, 0.3) is 5.65 Å². The lowest BCUT2D eigenvalue weighted by atomic mass is 10.2. The molecule has 0 aliphatic carbocycles. The predicted molar refractivity (Wildman–Crippen MR) is 109 cm³/mol. The zero-order valence-electron chi connectivity index (χ0n) is 16.3. The van der Waals surface area contributed by atoms with Crippen LogP contribution in [0.2, 0.25) is 5.02 Å². The number of rotatable bonds is 3. The molecule has 1 amide bonds. The van der Waals surface area contributed by atoms with Gasteiger partial charge in [-0.1, -0.05) is 24.6 Å². The summed E-state index contributed by atoms with van der Waals surface area (Å²) in [7, 11) is 0. The number of halogens is 4. The van der Waals surface area contributed by atoms with E-state index in [0.717, 1.165) is 18.0 Å². The minimum absolute atomic E-state index is 0.204. The SMILES string of the molecule is CCc1nc2ccc(C(F)(F)F)cn2c1C(=O)N1CCN(c2cccc(Cl)c2)CC1. The summed E-state index contributed by atoms with van der Waals surface area (Å²) in [6, 6.07) is 9.80. The Morgan fingerprint density at radius 1 is 1.13 bits per heavy atom. The predicted octanol–water partition coefficient (Wildman–Crippen LogP) is 4.53. The lowest BCUT2D eigenvalue weighted by Gasteiger charge is -2.36. The number of piperazine rings is 1. The van der Waals surface area contributed by atoms with E-state index in [-0.39, 0.29) is 11.6 Å². The van der Waals surface area contributed by atoms with Crippen LogP contribution in [0.5, 0.6) is 0 Å². The summed E-state index contributed by atoms with van der Waals surface area (Å²) >= 11 is 6.06. The number of benzene rings is 1. The maximum atomic E-state index is 13.3. The van der Waals surface area contributed by atoms with Crippen LogP contribution < -0.4 is 4.90 Å². The molecule has 158 valence electrons. The van der Waals surface area contributed by atoms with Gasteiger partial charge < -0.3 is 9.80 Å². The molecule has 1 aliphatic rings. The van der Waals surface area contributed by atoms with Crippen molar-refractivity contribution >= 4 is 28.8 Å². The largest absolute Gasteiger partial charge is 0.417 e. The lowest BCUT2D eigenvalue weighted by Crippen LogP contribution is -2.49. The standard InChI is InChI=1S/C21H20ClF3N4O/c1-2-17-19(29-13-14(21(23,24)25)6-7-18(29)26-17)20(30)28-10-8-27(9-11-28)16-5-3-4-15(22)12-16/h3-7,12-13H,2,8-11H2,1H3. The summed E-state index contributed by atoms with van der Waals surface area (Å²) in [5.41, 5.74) is 1.20. The number of aryl methyl sites for hydroxylation is 1. The summed E-state index contributed by atoms with van der Waals surface area (Å²) in [6.07, 6.45) is -3.09. The van der Waals surface area contributed by atoms with Crippen LogP contribution >= 0.6 is 11.6 Å². The van der Waals surface area contributed by atoms with E-state index in [9.17, 15) is 18.0 Å². The molecule has 5 nitrogen and oxygen atoms in total. The second kappa shape index (κ2) is 7.83. The maximum Gasteiger partial charge on any atom is 0.417 e. The minimum atomic E-state index is -4.49. The van der Waals surface area contributed by atoms with Gasteiger partial charge in [-0.05, 0) is 36.8 Å². The lowest BCUT2D eigenvalue weighted by molar-refractivity contribution is -0.137. The highest BCUT2D eigenvalue weighted by molar-refractivity contribution is 6.30. The first kappa shape index (κ1) is 20.5. The molecule has 1 fully saturated rings. The molecule has 1 aliphatic heterocycles. The summed E-state index contributed by atoms with van der Waals surface area (Å²) < 4.78 is 40.8. The number of aromatic nitrogens is 2. The molecule has 0 bridgehead atoms. The normalized spacial score (nSPS) is 15.1. The van der Waals surface area contributed by atoms with Gasteiger partial charge in [0.2, 0.25) is 0 Å². The van der Waals surface area contributed by atoms with E-state index < -0.39 is 11.7 Å². The van der Waals surface area contributed by atoms with Crippen molar-refractivity contribution in [2.75, 3.05) is 31.1 Å². The number of pyridine rings is 1. The van der Waals surface area contributed by atoms with Gasteiger partial charge in [-0.2, -0.15) is 13.2 Å². The van der Waals surface area contributed by atoms with Gasteiger partial charge in [0, 0.05) is 43.1 Å². The fourth-order valence-electron chi connectivity index (χ4n) is 3.72. The Morgan fingerprint density at radius 2 is 1.87 bits per heavy atom. The Balaban J connectivity index is 1.60. The van der Waals surface area contributed by atoms with Crippen LogP contribution in [0.4, 0.5) is 18.9 Å². The van der Waals surface area contributed by atoms with Gasteiger partial charge in [-0.25, -0.2) is 4.98 Å². The molecule has 0 spiro atoms. The van der Waals surface area contributed by atoms with Crippen LogP contribution in [0.3, 0.4) is 0 Å². The average Bonchev–Trinajstić information content (AvgIpc) is 3.10. The zero-order chi connectivity index (χ0) is 21.5. The van der Waals surface area contributed by atoms with Crippen LogP contribution in [0.15, 0.2) is 42.6 Å². The molecule has 3 heterocycles. The number of carbonyl (C=O) groups excluding carboxylic acids is 1. The van der Waals surface area contributed by atoms with Crippen molar-refractivity contribution in [3.05, 3.63) is 64.6 Å². The molecule has 0 radical (unpaired) electrons. The molecule has 1 saturated heterocycles. The van der Waals surface area contributed by atoms with Crippen LogP contribution in [0, 0.1) is 0 Å². The molecule has 0 N–H and O–H groups in total. The van der Waals surface area contributed by atoms with Crippen molar-refractivity contribution < 1.29 is 18.0 Å². The highest BCUT2D eigenvalue weighted by atomic mass is 35.5. The van der Waals surface area contributed by atoms with E-state index in [1.165, 1.54) is 10.5 Å². The molecule has 0 unspecified atom stereocenters. The number of amides is 1. The Morgan fingerprint density at radius 3 is 2.50 bits per heavy atom. The third kappa shape index (κ3) is 3.84. The first-order valence-electron chi connectivity index (χ1n) is 9.66. The van der Waals surface area contributed by atoms with Gasteiger partial charge in [0.1, 0.15) is 11.3 Å². The highest BCUT2D eigenvalue weighted by Gasteiger charge is 2.33. The van der Waals surface area contributed by atoms with Crippen molar-refractivity contribution in [2.45, 2.75) is 19.5 Å².